The summed E-state index contributed by atoms with van der Waals surface area (Å²) in [6, 6.07) is 0. The van der Waals surface area contributed by atoms with Gasteiger partial charge >= 0.3 is 0 Å². The third-order valence-corrected chi connectivity index (χ3v) is 4.78. The lowest BCUT2D eigenvalue weighted by molar-refractivity contribution is 0.368. The Labute approximate surface area is 112 Å². The van der Waals surface area contributed by atoms with Gasteiger partial charge in [-0.05, 0) is 19.3 Å². The van der Waals surface area contributed by atoms with Gasteiger partial charge in [-0.15, -0.1) is 11.6 Å². The molecule has 5 heteroatoms. The van der Waals surface area contributed by atoms with Crippen LogP contribution >= 0.6 is 23.1 Å². The molecule has 1 aliphatic rings. The maximum Gasteiger partial charge on any atom is 0.202 e. The maximum atomic E-state index is 6.11. The quantitative estimate of drug-likeness (QED) is 0.803. The summed E-state index contributed by atoms with van der Waals surface area (Å²) in [7, 11) is 0. The predicted octanol–water partition coefficient (Wildman–Crippen LogP) is 3.70. The molecular formula is C12H20ClN3S. The van der Waals surface area contributed by atoms with Crippen molar-refractivity contribution in [3.8, 4) is 0 Å². The molecule has 0 radical (unpaired) electrons. The standard InChI is InChI=1S/C12H20ClN3S/c1-2-5-10-15-11(17-16-10)14-9-12(8-13)6-3-4-7-12/h2-9H2,1H3,(H,14,15,16). The van der Waals surface area contributed by atoms with Crippen LogP contribution in [-0.2, 0) is 6.42 Å². The van der Waals surface area contributed by atoms with Crippen LogP contribution in [-0.4, -0.2) is 21.8 Å². The molecule has 1 aliphatic carbocycles. The third-order valence-electron chi connectivity index (χ3n) is 3.50. The summed E-state index contributed by atoms with van der Waals surface area (Å²) in [6.07, 6.45) is 7.17. The van der Waals surface area contributed by atoms with E-state index in [2.05, 4.69) is 21.6 Å². The van der Waals surface area contributed by atoms with Gasteiger partial charge in [0.1, 0.15) is 5.82 Å². The maximum absolute atomic E-state index is 6.11. The van der Waals surface area contributed by atoms with Crippen molar-refractivity contribution in [2.75, 3.05) is 17.7 Å². The van der Waals surface area contributed by atoms with Crippen LogP contribution in [0.2, 0.25) is 0 Å². The number of nitrogens with zero attached hydrogens (tertiary/aromatic N) is 2. The van der Waals surface area contributed by atoms with Crippen LogP contribution in [0.15, 0.2) is 0 Å². The van der Waals surface area contributed by atoms with E-state index < -0.39 is 0 Å². The van der Waals surface area contributed by atoms with Crippen LogP contribution in [0.4, 0.5) is 5.13 Å². The van der Waals surface area contributed by atoms with E-state index in [4.69, 9.17) is 11.6 Å². The Hall–Kier alpha value is -0.350. The van der Waals surface area contributed by atoms with E-state index in [1.54, 1.807) is 0 Å². The van der Waals surface area contributed by atoms with Gasteiger partial charge in [-0.25, -0.2) is 4.98 Å². The first-order valence-corrected chi connectivity index (χ1v) is 7.71. The number of hydrogen-bond acceptors (Lipinski definition) is 4. The number of aromatic nitrogens is 2. The van der Waals surface area contributed by atoms with Crippen molar-refractivity contribution in [2.24, 2.45) is 5.41 Å². The number of halogens is 1. The fourth-order valence-corrected chi connectivity index (χ4v) is 3.37. The number of rotatable bonds is 6. The minimum atomic E-state index is 0.290. The molecule has 0 atom stereocenters. The number of hydrogen-bond donors (Lipinski definition) is 1. The highest BCUT2D eigenvalue weighted by Crippen LogP contribution is 2.39. The van der Waals surface area contributed by atoms with Crippen molar-refractivity contribution in [1.82, 2.24) is 9.36 Å². The zero-order valence-electron chi connectivity index (χ0n) is 10.3. The van der Waals surface area contributed by atoms with Gasteiger partial charge in [0.2, 0.25) is 5.13 Å². The SMILES string of the molecule is CCCc1nsc(NCC2(CCl)CCCC2)n1. The van der Waals surface area contributed by atoms with E-state index >= 15 is 0 Å². The lowest BCUT2D eigenvalue weighted by Gasteiger charge is -2.26. The summed E-state index contributed by atoms with van der Waals surface area (Å²) in [5.41, 5.74) is 0.290. The van der Waals surface area contributed by atoms with Gasteiger partial charge in [-0.2, -0.15) is 4.37 Å². The molecule has 0 unspecified atom stereocenters. The Kier molecular flexibility index (Phi) is 4.62. The average molecular weight is 274 g/mol. The predicted molar refractivity (Wildman–Crippen MR) is 74.0 cm³/mol. The molecule has 0 amide bonds. The molecule has 1 fully saturated rings. The highest BCUT2D eigenvalue weighted by molar-refractivity contribution is 7.09. The molecule has 17 heavy (non-hydrogen) atoms. The van der Waals surface area contributed by atoms with Crippen molar-refractivity contribution in [3.63, 3.8) is 0 Å². The largest absolute Gasteiger partial charge is 0.360 e. The van der Waals surface area contributed by atoms with Gasteiger partial charge in [0.05, 0.1) is 0 Å². The number of aryl methyl sites for hydroxylation is 1. The van der Waals surface area contributed by atoms with Crippen LogP contribution in [0.25, 0.3) is 0 Å². The Balaban J connectivity index is 1.87. The fourth-order valence-electron chi connectivity index (χ4n) is 2.40. The number of anilines is 1. The van der Waals surface area contributed by atoms with E-state index in [-0.39, 0.29) is 5.41 Å². The highest BCUT2D eigenvalue weighted by atomic mass is 35.5. The van der Waals surface area contributed by atoms with Gasteiger partial charge in [0, 0.05) is 35.8 Å². The van der Waals surface area contributed by atoms with Crippen LogP contribution in [0.3, 0.4) is 0 Å². The van der Waals surface area contributed by atoms with Gasteiger partial charge in [0.25, 0.3) is 0 Å². The molecule has 96 valence electrons. The van der Waals surface area contributed by atoms with Crippen molar-refractivity contribution >= 4 is 28.3 Å². The van der Waals surface area contributed by atoms with Gasteiger partial charge in [0.15, 0.2) is 0 Å². The zero-order valence-corrected chi connectivity index (χ0v) is 11.9. The summed E-state index contributed by atoms with van der Waals surface area (Å²) in [4.78, 5) is 4.48. The lowest BCUT2D eigenvalue weighted by Crippen LogP contribution is -2.28. The molecule has 1 aromatic rings. The lowest BCUT2D eigenvalue weighted by atomic mass is 9.89. The Morgan fingerprint density at radius 1 is 1.41 bits per heavy atom. The van der Waals surface area contributed by atoms with E-state index in [9.17, 15) is 0 Å². The molecule has 2 rings (SSSR count). The van der Waals surface area contributed by atoms with E-state index in [0.29, 0.717) is 0 Å². The first-order chi connectivity index (χ1) is 8.28. The zero-order chi connectivity index (χ0) is 12.1. The molecule has 0 bridgehead atoms. The summed E-state index contributed by atoms with van der Waals surface area (Å²) >= 11 is 7.58. The molecule has 0 aliphatic heterocycles. The Bertz CT molecular complexity index is 347. The monoisotopic (exact) mass is 273 g/mol. The van der Waals surface area contributed by atoms with E-state index in [1.165, 1.54) is 37.2 Å². The molecular weight excluding hydrogens is 254 g/mol. The molecule has 0 aromatic carbocycles. The molecule has 1 N–H and O–H groups in total. The summed E-state index contributed by atoms with van der Waals surface area (Å²) < 4.78 is 4.33. The van der Waals surface area contributed by atoms with E-state index in [0.717, 1.165) is 36.2 Å². The van der Waals surface area contributed by atoms with Crippen molar-refractivity contribution < 1.29 is 0 Å². The molecule has 1 aromatic heterocycles. The van der Waals surface area contributed by atoms with Gasteiger partial charge in [-0.1, -0.05) is 19.8 Å². The van der Waals surface area contributed by atoms with E-state index in [1.807, 2.05) is 0 Å². The van der Waals surface area contributed by atoms with Crippen LogP contribution in [0.1, 0.15) is 44.9 Å². The Morgan fingerprint density at radius 2 is 2.18 bits per heavy atom. The molecule has 3 nitrogen and oxygen atoms in total. The third kappa shape index (κ3) is 3.32. The first kappa shape index (κ1) is 13.1. The molecule has 1 saturated carbocycles. The smallest absolute Gasteiger partial charge is 0.202 e. The summed E-state index contributed by atoms with van der Waals surface area (Å²) in [6.45, 7) is 3.09. The average Bonchev–Trinajstić information content (AvgIpc) is 2.96. The van der Waals surface area contributed by atoms with Crippen molar-refractivity contribution in [1.29, 1.82) is 0 Å². The minimum Gasteiger partial charge on any atom is -0.360 e. The second-order valence-corrected chi connectivity index (χ2v) is 5.98. The number of nitrogens with one attached hydrogen (secondary N) is 1. The molecule has 0 saturated heterocycles. The number of alkyl halides is 1. The first-order valence-electron chi connectivity index (χ1n) is 6.40. The van der Waals surface area contributed by atoms with Crippen LogP contribution in [0.5, 0.6) is 0 Å². The Morgan fingerprint density at radius 3 is 2.82 bits per heavy atom. The second-order valence-electron chi connectivity index (χ2n) is 4.96. The summed E-state index contributed by atoms with van der Waals surface area (Å²) in [5, 5.41) is 4.37. The molecule has 0 spiro atoms. The highest BCUT2D eigenvalue weighted by Gasteiger charge is 2.32. The molecule has 1 heterocycles. The van der Waals surface area contributed by atoms with Crippen LogP contribution in [0, 0.1) is 5.41 Å². The topological polar surface area (TPSA) is 37.8 Å². The second kappa shape index (κ2) is 6.01. The fraction of sp³-hybridized carbons (Fsp3) is 0.833. The normalized spacial score (nSPS) is 18.5. The minimum absolute atomic E-state index is 0.290. The van der Waals surface area contributed by atoms with Gasteiger partial charge in [-0.3, -0.25) is 0 Å². The van der Waals surface area contributed by atoms with Crippen LogP contribution < -0.4 is 5.32 Å². The van der Waals surface area contributed by atoms with Crippen molar-refractivity contribution in [3.05, 3.63) is 5.82 Å². The van der Waals surface area contributed by atoms with Gasteiger partial charge < -0.3 is 5.32 Å². The summed E-state index contributed by atoms with van der Waals surface area (Å²) in [5.74, 6) is 1.71. The van der Waals surface area contributed by atoms with Crippen molar-refractivity contribution in [2.45, 2.75) is 45.4 Å².